The molecule has 0 saturated heterocycles. The van der Waals surface area contributed by atoms with Crippen LogP contribution < -0.4 is 9.47 Å². The Balaban J connectivity index is 1.29. The van der Waals surface area contributed by atoms with Crippen LogP contribution in [0.2, 0.25) is 0 Å². The minimum Gasteiger partial charge on any atom is -0.453 e. The second-order valence-electron chi connectivity index (χ2n) is 11.3. The Kier molecular flexibility index (Phi) is 10.6. The quantitative estimate of drug-likeness (QED) is 0.153. The molecular formula is C32H34F8O2. The molecule has 0 radical (unpaired) electrons. The van der Waals surface area contributed by atoms with Crippen molar-refractivity contribution in [3.8, 4) is 11.5 Å². The summed E-state index contributed by atoms with van der Waals surface area (Å²) in [6.07, 6.45) is 3.13. The lowest BCUT2D eigenvalue weighted by Crippen LogP contribution is -2.37. The fraction of sp³-hybridized carbons (Fsp3) is 0.500. The largest absolute Gasteiger partial charge is 0.453 e. The van der Waals surface area contributed by atoms with Crippen LogP contribution in [0.1, 0.15) is 81.8 Å². The van der Waals surface area contributed by atoms with Crippen LogP contribution >= 0.6 is 0 Å². The average molecular weight is 603 g/mol. The van der Waals surface area contributed by atoms with Crippen molar-refractivity contribution in [1.29, 1.82) is 0 Å². The summed E-state index contributed by atoms with van der Waals surface area (Å²) in [6.45, 7) is 1.99. The molecule has 0 N–H and O–H groups in total. The highest BCUT2D eigenvalue weighted by Gasteiger charge is 2.44. The van der Waals surface area contributed by atoms with E-state index in [0.29, 0.717) is 42.9 Å². The zero-order chi connectivity index (χ0) is 30.4. The van der Waals surface area contributed by atoms with E-state index in [-0.39, 0.29) is 42.9 Å². The lowest BCUT2D eigenvalue weighted by Gasteiger charge is -2.33. The van der Waals surface area contributed by atoms with Gasteiger partial charge in [-0.25, -0.2) is 17.6 Å². The second-order valence-corrected chi connectivity index (χ2v) is 11.3. The minimum absolute atomic E-state index is 0.0124. The molecule has 2 aliphatic carbocycles. The number of allylic oxidation sites excluding steroid dienone is 2. The first-order chi connectivity index (χ1) is 20.0. The molecule has 0 spiro atoms. The zero-order valence-corrected chi connectivity index (χ0v) is 23.3. The molecule has 4 rings (SSSR count). The van der Waals surface area contributed by atoms with Gasteiger partial charge in [0.05, 0.1) is 5.92 Å². The maximum absolute atomic E-state index is 14.9. The van der Waals surface area contributed by atoms with Crippen LogP contribution in [0.5, 0.6) is 11.5 Å². The van der Waals surface area contributed by atoms with E-state index in [0.717, 1.165) is 25.7 Å². The Bertz CT molecular complexity index is 1230. The summed E-state index contributed by atoms with van der Waals surface area (Å²) >= 11 is 0. The van der Waals surface area contributed by atoms with Crippen LogP contribution in [0.3, 0.4) is 0 Å². The van der Waals surface area contributed by atoms with Crippen LogP contribution in [0.25, 0.3) is 0 Å². The van der Waals surface area contributed by atoms with Crippen molar-refractivity contribution in [3.05, 3.63) is 83.2 Å². The van der Waals surface area contributed by atoms with Crippen molar-refractivity contribution >= 4 is 0 Å². The smallest absolute Gasteiger partial charge is 0.400 e. The van der Waals surface area contributed by atoms with Gasteiger partial charge in [0.1, 0.15) is 17.4 Å². The Hall–Kier alpha value is -3.04. The van der Waals surface area contributed by atoms with E-state index in [1.54, 1.807) is 0 Å². The lowest BCUT2D eigenvalue weighted by atomic mass is 9.77. The van der Waals surface area contributed by atoms with E-state index < -0.39 is 52.9 Å². The molecule has 0 amide bonds. The third-order valence-electron chi connectivity index (χ3n) is 8.49. The van der Waals surface area contributed by atoms with Crippen molar-refractivity contribution in [2.24, 2.45) is 17.8 Å². The van der Waals surface area contributed by atoms with Crippen LogP contribution in [-0.2, 0) is 6.42 Å². The fourth-order valence-corrected chi connectivity index (χ4v) is 6.20. The first-order valence-electron chi connectivity index (χ1n) is 14.3. The highest BCUT2D eigenvalue weighted by atomic mass is 19.3. The third-order valence-corrected chi connectivity index (χ3v) is 8.49. The molecule has 0 unspecified atom stereocenters. The van der Waals surface area contributed by atoms with E-state index in [1.807, 2.05) is 13.0 Å². The van der Waals surface area contributed by atoms with E-state index in [4.69, 9.17) is 0 Å². The monoisotopic (exact) mass is 602 g/mol. The van der Waals surface area contributed by atoms with Crippen molar-refractivity contribution in [2.75, 3.05) is 0 Å². The van der Waals surface area contributed by atoms with Gasteiger partial charge in [0.15, 0.2) is 23.6 Å². The van der Waals surface area contributed by atoms with Gasteiger partial charge in [-0.15, -0.1) is 0 Å². The number of rotatable bonds is 10. The highest BCUT2D eigenvalue weighted by molar-refractivity contribution is 5.35. The molecule has 2 nitrogen and oxygen atoms in total. The lowest BCUT2D eigenvalue weighted by molar-refractivity contribution is -0.223. The maximum Gasteiger partial charge on any atom is 0.400 e. The first-order valence-corrected chi connectivity index (χ1v) is 14.3. The molecule has 10 heteroatoms. The summed E-state index contributed by atoms with van der Waals surface area (Å²) in [5.41, 5.74) is 0.696. The normalized spacial score (nSPS) is 23.2. The molecule has 2 saturated carbocycles. The summed E-state index contributed by atoms with van der Waals surface area (Å²) in [5.74, 6) is -6.71. The molecular weight excluding hydrogens is 568 g/mol. The van der Waals surface area contributed by atoms with Crippen molar-refractivity contribution in [2.45, 2.75) is 83.2 Å². The van der Waals surface area contributed by atoms with Crippen LogP contribution in [0.15, 0.2) is 48.8 Å². The molecule has 42 heavy (non-hydrogen) atoms. The van der Waals surface area contributed by atoms with Gasteiger partial charge in [0, 0.05) is 17.7 Å². The third kappa shape index (κ3) is 8.07. The molecule has 2 aromatic rings. The van der Waals surface area contributed by atoms with Gasteiger partial charge in [0.2, 0.25) is 0 Å². The first kappa shape index (κ1) is 31.9. The molecule has 2 aromatic carbocycles. The van der Waals surface area contributed by atoms with Crippen molar-refractivity contribution in [3.63, 3.8) is 0 Å². The molecule has 2 fully saturated rings. The summed E-state index contributed by atoms with van der Waals surface area (Å²) in [7, 11) is 0. The number of ether oxygens (including phenoxy) is 2. The summed E-state index contributed by atoms with van der Waals surface area (Å²) in [4.78, 5) is 0. The van der Waals surface area contributed by atoms with E-state index >= 15 is 0 Å². The van der Waals surface area contributed by atoms with Gasteiger partial charge in [-0.1, -0.05) is 12.2 Å². The van der Waals surface area contributed by atoms with Crippen LogP contribution in [0.4, 0.5) is 35.1 Å². The summed E-state index contributed by atoms with van der Waals surface area (Å²) < 4.78 is 121. The van der Waals surface area contributed by atoms with Gasteiger partial charge in [-0.3, -0.25) is 0 Å². The number of benzene rings is 2. The van der Waals surface area contributed by atoms with E-state index in [9.17, 15) is 35.1 Å². The van der Waals surface area contributed by atoms with Crippen molar-refractivity contribution in [1.82, 2.24) is 0 Å². The molecule has 230 valence electrons. The fourth-order valence-electron chi connectivity index (χ4n) is 6.20. The maximum atomic E-state index is 14.9. The molecule has 0 aliphatic heterocycles. The summed E-state index contributed by atoms with van der Waals surface area (Å²) in [5, 5.41) is 0. The molecule has 0 aromatic heterocycles. The standard InChI is InChI=1S/C32H34F8O2/c1-2-3-19-4-9-21(10-5-19)22-14-26(33)25(27(34)15-22)13-8-20-6-11-23(12-7-20)32(39,40)42-24-16-28(35)31(29(36)17-24)41-18-30(37)38/h2-3,14-21,23H,4-13H2,1H3. The van der Waals surface area contributed by atoms with Crippen molar-refractivity contribution < 1.29 is 44.6 Å². The molecule has 0 bridgehead atoms. The van der Waals surface area contributed by atoms with Gasteiger partial charge in [-0.05, 0) is 107 Å². The van der Waals surface area contributed by atoms with Gasteiger partial charge in [-0.2, -0.15) is 17.6 Å². The van der Waals surface area contributed by atoms with Crippen LogP contribution in [-0.4, -0.2) is 6.11 Å². The molecule has 2 aliphatic rings. The Morgan fingerprint density at radius 1 is 0.833 bits per heavy atom. The zero-order valence-electron chi connectivity index (χ0n) is 23.3. The van der Waals surface area contributed by atoms with Gasteiger partial charge in [0.25, 0.3) is 0 Å². The second kappa shape index (κ2) is 14.0. The van der Waals surface area contributed by atoms with Crippen LogP contribution in [0, 0.1) is 41.0 Å². The number of halogens is 8. The highest BCUT2D eigenvalue weighted by Crippen LogP contribution is 2.42. The Morgan fingerprint density at radius 2 is 1.43 bits per heavy atom. The Labute approximate surface area is 240 Å². The summed E-state index contributed by atoms with van der Waals surface area (Å²) in [6, 6.07) is 3.75. The van der Waals surface area contributed by atoms with E-state index in [1.165, 1.54) is 12.1 Å². The number of hydrogen-bond donors (Lipinski definition) is 0. The predicted molar refractivity (Wildman–Crippen MR) is 142 cm³/mol. The number of alkyl halides is 2. The van der Waals surface area contributed by atoms with Gasteiger partial charge >= 0.3 is 12.2 Å². The topological polar surface area (TPSA) is 18.5 Å². The average Bonchev–Trinajstić information content (AvgIpc) is 2.92. The molecule has 0 heterocycles. The van der Waals surface area contributed by atoms with Gasteiger partial charge < -0.3 is 9.47 Å². The minimum atomic E-state index is -3.75. The molecule has 0 atom stereocenters. The SMILES string of the molecule is CC=CC1CCC(c2cc(F)c(CCC3CCC(C(F)(F)Oc4cc(F)c(OC=C(F)F)c(F)c4)CC3)c(F)c2)CC1. The van der Waals surface area contributed by atoms with E-state index in [2.05, 4.69) is 15.5 Å². The number of hydrogen-bond acceptors (Lipinski definition) is 2. The Morgan fingerprint density at radius 3 is 1.98 bits per heavy atom. The predicted octanol–water partition coefficient (Wildman–Crippen LogP) is 10.6.